The molecule has 48 heavy (non-hydrogen) atoms. The van der Waals surface area contributed by atoms with Gasteiger partial charge in [0.25, 0.3) is 5.91 Å². The molecule has 0 radical (unpaired) electrons. The quantitative estimate of drug-likeness (QED) is 0.417. The summed E-state index contributed by atoms with van der Waals surface area (Å²) in [6.45, 7) is 3.05. The first-order valence-corrected chi connectivity index (χ1v) is 18.0. The van der Waals surface area contributed by atoms with Gasteiger partial charge in [0.2, 0.25) is 27.7 Å². The van der Waals surface area contributed by atoms with Crippen molar-refractivity contribution in [2.45, 2.75) is 87.6 Å². The highest BCUT2D eigenvalue weighted by molar-refractivity contribution is 7.91. The van der Waals surface area contributed by atoms with Crippen molar-refractivity contribution in [1.29, 1.82) is 0 Å². The molecule has 4 aliphatic rings. The fraction of sp³-hybridized carbons (Fsp3) is 0.588. The maximum atomic E-state index is 14.5. The average Bonchev–Trinajstić information content (AvgIpc) is 3.94. The Hall–Kier alpha value is -3.81. The predicted molar refractivity (Wildman–Crippen MR) is 173 cm³/mol. The Morgan fingerprint density at radius 2 is 1.94 bits per heavy atom. The molecule has 0 spiro atoms. The third kappa shape index (κ3) is 6.47. The van der Waals surface area contributed by atoms with Crippen LogP contribution in [-0.2, 0) is 24.4 Å². The first kappa shape index (κ1) is 34.1. The molecule has 2 aliphatic heterocycles. The fourth-order valence-corrected chi connectivity index (χ4v) is 8.61. The number of benzene rings is 1. The number of halogens is 2. The molecule has 2 aromatic rings. The molecule has 1 saturated heterocycles. The van der Waals surface area contributed by atoms with E-state index >= 15 is 0 Å². The van der Waals surface area contributed by atoms with Crippen LogP contribution in [0.15, 0.2) is 36.5 Å². The van der Waals surface area contributed by atoms with Crippen molar-refractivity contribution in [2.75, 3.05) is 20.3 Å². The number of methoxy groups -OCH3 is 1. The zero-order valence-electron chi connectivity index (χ0n) is 27.3. The van der Waals surface area contributed by atoms with Crippen LogP contribution in [0.1, 0.15) is 65.2 Å². The number of rotatable bonds is 7. The van der Waals surface area contributed by atoms with Gasteiger partial charge in [0.1, 0.15) is 40.7 Å². The number of carbonyl (C=O) groups is 3. The van der Waals surface area contributed by atoms with Crippen molar-refractivity contribution >= 4 is 38.5 Å². The van der Waals surface area contributed by atoms with Crippen LogP contribution in [0.4, 0.5) is 8.78 Å². The Balaban J connectivity index is 1.29. The van der Waals surface area contributed by atoms with E-state index in [1.165, 1.54) is 30.3 Å². The first-order valence-electron chi connectivity index (χ1n) is 16.5. The molecule has 3 heterocycles. The summed E-state index contributed by atoms with van der Waals surface area (Å²) in [5, 5.41) is 3.74. The molecule has 14 heteroatoms. The molecule has 6 rings (SSSR count). The van der Waals surface area contributed by atoms with E-state index in [2.05, 4.69) is 21.9 Å². The van der Waals surface area contributed by atoms with Gasteiger partial charge in [-0.05, 0) is 62.5 Å². The second-order valence-corrected chi connectivity index (χ2v) is 16.1. The average molecular weight is 689 g/mol. The van der Waals surface area contributed by atoms with Gasteiger partial charge in [-0.3, -0.25) is 19.1 Å². The highest BCUT2D eigenvalue weighted by atomic mass is 32.2. The standard InChI is InChI=1S/C34H42F2N4O7S/c1-20-6-4-5-7-22-17-34(22,32(43)39-48(44,45)33(19-35)9-10-33)38-30(42)27-16-24(18-40(27)29(41)13-21(2)12-20)47-31-26-14-23(36)15-28(46-3)25(26)8-11-37-31/h5,7-8,11,14-15,20-22,24,27H,4,6,9-10,12-13,16-19H2,1-3H3,(H,38,42)(H,39,43)/b7-5-/t20-,21-,22-,24-,27+,34-/m1/s1. The summed E-state index contributed by atoms with van der Waals surface area (Å²) < 4.78 is 66.2. The van der Waals surface area contributed by atoms with Crippen LogP contribution < -0.4 is 19.5 Å². The van der Waals surface area contributed by atoms with E-state index in [4.69, 9.17) is 9.47 Å². The van der Waals surface area contributed by atoms with E-state index in [0.29, 0.717) is 22.4 Å². The van der Waals surface area contributed by atoms with E-state index < -0.39 is 62.7 Å². The fourth-order valence-electron chi connectivity index (χ4n) is 7.18. The van der Waals surface area contributed by atoms with Crippen molar-refractivity contribution in [2.24, 2.45) is 17.8 Å². The number of pyridine rings is 1. The summed E-state index contributed by atoms with van der Waals surface area (Å²) in [7, 11) is -2.90. The molecule has 3 amide bonds. The van der Waals surface area contributed by atoms with Crippen LogP contribution in [0, 0.1) is 23.6 Å². The molecule has 0 bridgehead atoms. The zero-order valence-corrected chi connectivity index (χ0v) is 28.2. The number of hydrogen-bond donors (Lipinski definition) is 2. The van der Waals surface area contributed by atoms with Gasteiger partial charge in [-0.1, -0.05) is 26.0 Å². The number of allylic oxidation sites excluding steroid dienone is 1. The van der Waals surface area contributed by atoms with E-state index in [1.54, 1.807) is 6.07 Å². The second-order valence-electron chi connectivity index (χ2n) is 14.0. The number of alkyl halides is 1. The molecule has 260 valence electrons. The van der Waals surface area contributed by atoms with Crippen LogP contribution in [-0.4, -0.2) is 78.8 Å². The number of nitrogens with one attached hydrogen (secondary N) is 2. The molecular formula is C34H42F2N4O7S. The lowest BCUT2D eigenvalue weighted by atomic mass is 9.91. The van der Waals surface area contributed by atoms with Gasteiger partial charge < -0.3 is 19.7 Å². The number of fused-ring (bicyclic) bond motifs is 3. The van der Waals surface area contributed by atoms with Crippen molar-refractivity contribution in [1.82, 2.24) is 19.9 Å². The molecule has 11 nitrogen and oxygen atoms in total. The molecule has 0 unspecified atom stereocenters. The van der Waals surface area contributed by atoms with Crippen LogP contribution in [0.5, 0.6) is 11.6 Å². The maximum absolute atomic E-state index is 14.5. The van der Waals surface area contributed by atoms with Gasteiger partial charge in [-0.15, -0.1) is 0 Å². The number of amides is 3. The lowest BCUT2D eigenvalue weighted by Gasteiger charge is -2.28. The SMILES string of the molecule is COc1cc(F)cc2c(O[C@@H]3C[C@H]4C(=O)N[C@]5(C(=O)NS(=O)(=O)C6(CF)CC6)C[C@H]5/C=C\CC[C@@H](C)C[C@@H](C)CC(=O)N4C3)nccc12. The number of carbonyl (C=O) groups excluding carboxylic acids is 3. The van der Waals surface area contributed by atoms with E-state index in [9.17, 15) is 31.6 Å². The van der Waals surface area contributed by atoms with Gasteiger partial charge in [0.15, 0.2) is 0 Å². The van der Waals surface area contributed by atoms with Crippen LogP contribution >= 0.6 is 0 Å². The summed E-state index contributed by atoms with van der Waals surface area (Å²) in [5.74, 6) is -2.06. The molecule has 2 N–H and O–H groups in total. The second kappa shape index (κ2) is 12.9. The van der Waals surface area contributed by atoms with E-state index in [-0.39, 0.29) is 56.4 Å². The molecule has 6 atom stereocenters. The Morgan fingerprint density at radius 3 is 2.65 bits per heavy atom. The largest absolute Gasteiger partial charge is 0.496 e. The van der Waals surface area contributed by atoms with Gasteiger partial charge in [-0.25, -0.2) is 22.2 Å². The first-order chi connectivity index (χ1) is 22.8. The van der Waals surface area contributed by atoms with Gasteiger partial charge in [0, 0.05) is 36.4 Å². The summed E-state index contributed by atoms with van der Waals surface area (Å²) in [6, 6.07) is 3.16. The lowest BCUT2D eigenvalue weighted by molar-refractivity contribution is -0.140. The van der Waals surface area contributed by atoms with Crippen molar-refractivity contribution in [3.63, 3.8) is 0 Å². The van der Waals surface area contributed by atoms with Crippen molar-refractivity contribution in [3.05, 3.63) is 42.4 Å². The van der Waals surface area contributed by atoms with Crippen LogP contribution in [0.2, 0.25) is 0 Å². The third-order valence-electron chi connectivity index (χ3n) is 10.3. The van der Waals surface area contributed by atoms with E-state index in [0.717, 1.165) is 19.3 Å². The van der Waals surface area contributed by atoms with Crippen LogP contribution in [0.3, 0.4) is 0 Å². The summed E-state index contributed by atoms with van der Waals surface area (Å²) in [6.07, 6.45) is 7.56. The lowest BCUT2D eigenvalue weighted by Crippen LogP contribution is -2.57. The van der Waals surface area contributed by atoms with Crippen LogP contribution in [0.25, 0.3) is 10.8 Å². The van der Waals surface area contributed by atoms with Crippen molar-refractivity contribution < 1.29 is 41.1 Å². The summed E-state index contributed by atoms with van der Waals surface area (Å²) >= 11 is 0. The number of sulfonamides is 1. The smallest absolute Gasteiger partial charge is 0.259 e. The van der Waals surface area contributed by atoms with Gasteiger partial charge in [0.05, 0.1) is 19.0 Å². The molecule has 1 aromatic heterocycles. The highest BCUT2D eigenvalue weighted by Gasteiger charge is 2.64. The topological polar surface area (TPSA) is 144 Å². The highest BCUT2D eigenvalue weighted by Crippen LogP contribution is 2.48. The Bertz CT molecular complexity index is 1750. The molecular weight excluding hydrogens is 646 g/mol. The Labute approximate surface area is 278 Å². The monoisotopic (exact) mass is 688 g/mol. The maximum Gasteiger partial charge on any atom is 0.259 e. The predicted octanol–water partition coefficient (Wildman–Crippen LogP) is 3.96. The Kier molecular flexibility index (Phi) is 9.16. The molecule has 1 aromatic carbocycles. The minimum Gasteiger partial charge on any atom is -0.496 e. The minimum absolute atomic E-state index is 0.0413. The minimum atomic E-state index is -4.33. The molecule has 2 saturated carbocycles. The summed E-state index contributed by atoms with van der Waals surface area (Å²) in [5.41, 5.74) is -1.58. The number of nitrogens with zero attached hydrogens (tertiary/aromatic N) is 2. The van der Waals surface area contributed by atoms with Gasteiger partial charge in [-0.2, -0.15) is 0 Å². The normalized spacial score (nSPS) is 31.0. The Morgan fingerprint density at radius 1 is 1.17 bits per heavy atom. The number of hydrogen-bond acceptors (Lipinski definition) is 8. The molecule has 2 aliphatic carbocycles. The van der Waals surface area contributed by atoms with Gasteiger partial charge >= 0.3 is 0 Å². The third-order valence-corrected chi connectivity index (χ3v) is 12.4. The zero-order chi connectivity index (χ0) is 34.4. The number of aromatic nitrogens is 1. The van der Waals surface area contributed by atoms with Crippen molar-refractivity contribution in [3.8, 4) is 11.6 Å². The molecule has 3 fully saturated rings. The number of ether oxygens (including phenoxy) is 2. The summed E-state index contributed by atoms with van der Waals surface area (Å²) in [4.78, 5) is 47.3. The van der Waals surface area contributed by atoms with E-state index in [1.807, 2.05) is 19.1 Å².